The Morgan fingerprint density at radius 2 is 2.12 bits per heavy atom. The molecule has 96 valence electrons. The van der Waals surface area contributed by atoms with E-state index in [1.807, 2.05) is 6.92 Å². The number of benzene rings is 1. The summed E-state index contributed by atoms with van der Waals surface area (Å²) >= 11 is 0. The van der Waals surface area contributed by atoms with Crippen molar-refractivity contribution in [3.63, 3.8) is 0 Å². The fraction of sp³-hybridized carbons (Fsp3) is 0.500. The van der Waals surface area contributed by atoms with Gasteiger partial charge < -0.3 is 5.11 Å². The van der Waals surface area contributed by atoms with Crippen molar-refractivity contribution in [1.29, 1.82) is 0 Å². The highest BCUT2D eigenvalue weighted by atomic mass is 32.2. The van der Waals surface area contributed by atoms with Crippen molar-refractivity contribution < 1.29 is 13.5 Å². The minimum absolute atomic E-state index is 0.0471. The molecule has 2 N–H and O–H groups in total. The number of phenols is 1. The molecule has 4 nitrogen and oxygen atoms in total. The lowest BCUT2D eigenvalue weighted by atomic mass is 10.2. The van der Waals surface area contributed by atoms with Crippen molar-refractivity contribution in [2.75, 3.05) is 0 Å². The predicted octanol–water partition coefficient (Wildman–Crippen LogP) is 2.25. The Labute approximate surface area is 103 Å². The molecule has 0 bridgehead atoms. The lowest BCUT2D eigenvalue weighted by Gasteiger charge is -2.13. The van der Waals surface area contributed by atoms with Crippen LogP contribution in [0.1, 0.15) is 33.1 Å². The van der Waals surface area contributed by atoms with E-state index in [4.69, 9.17) is 0 Å². The SMILES string of the molecule is CCCCC(C)NS(=O)(=O)c1cccc(O)c1. The number of hydrogen-bond donors (Lipinski definition) is 2. The van der Waals surface area contributed by atoms with Crippen LogP contribution in [-0.2, 0) is 10.0 Å². The first-order chi connectivity index (χ1) is 7.95. The summed E-state index contributed by atoms with van der Waals surface area (Å²) in [4.78, 5) is 0.0980. The van der Waals surface area contributed by atoms with E-state index in [1.165, 1.54) is 24.3 Å². The fourth-order valence-electron chi connectivity index (χ4n) is 1.55. The maximum atomic E-state index is 11.9. The lowest BCUT2D eigenvalue weighted by Crippen LogP contribution is -2.32. The second-order valence-corrected chi connectivity index (χ2v) is 5.88. The molecule has 5 heteroatoms. The molecule has 0 fully saturated rings. The number of phenolic OH excluding ortho intramolecular Hbond substituents is 1. The summed E-state index contributed by atoms with van der Waals surface area (Å²) in [6.45, 7) is 3.91. The average molecular weight is 257 g/mol. The third-order valence-corrected chi connectivity index (χ3v) is 4.06. The molecule has 0 radical (unpaired) electrons. The summed E-state index contributed by atoms with van der Waals surface area (Å²) in [5.74, 6) is -0.0471. The summed E-state index contributed by atoms with van der Waals surface area (Å²) in [5, 5.41) is 9.26. The van der Waals surface area contributed by atoms with Gasteiger partial charge in [-0.15, -0.1) is 0 Å². The maximum Gasteiger partial charge on any atom is 0.240 e. The lowest BCUT2D eigenvalue weighted by molar-refractivity contribution is 0.472. The molecule has 0 amide bonds. The van der Waals surface area contributed by atoms with Crippen molar-refractivity contribution in [3.05, 3.63) is 24.3 Å². The number of unbranched alkanes of at least 4 members (excludes halogenated alkanes) is 1. The Hall–Kier alpha value is -1.07. The molecule has 0 heterocycles. The van der Waals surface area contributed by atoms with E-state index in [-0.39, 0.29) is 16.7 Å². The highest BCUT2D eigenvalue weighted by molar-refractivity contribution is 7.89. The number of aromatic hydroxyl groups is 1. The van der Waals surface area contributed by atoms with Gasteiger partial charge in [-0.3, -0.25) is 0 Å². The molecule has 1 rings (SSSR count). The normalized spacial score (nSPS) is 13.5. The zero-order valence-electron chi connectivity index (χ0n) is 10.2. The maximum absolute atomic E-state index is 11.9. The summed E-state index contributed by atoms with van der Waals surface area (Å²) in [6.07, 6.45) is 2.84. The van der Waals surface area contributed by atoms with Gasteiger partial charge >= 0.3 is 0 Å². The smallest absolute Gasteiger partial charge is 0.240 e. The Morgan fingerprint density at radius 3 is 2.71 bits per heavy atom. The van der Waals surface area contributed by atoms with Gasteiger partial charge in [0.05, 0.1) is 4.90 Å². The van der Waals surface area contributed by atoms with Crippen LogP contribution in [0.3, 0.4) is 0 Å². The van der Waals surface area contributed by atoms with E-state index >= 15 is 0 Å². The van der Waals surface area contributed by atoms with Crippen LogP contribution in [0.15, 0.2) is 29.2 Å². The zero-order chi connectivity index (χ0) is 12.9. The van der Waals surface area contributed by atoms with Crippen molar-refractivity contribution in [2.24, 2.45) is 0 Å². The fourth-order valence-corrected chi connectivity index (χ4v) is 2.87. The minimum atomic E-state index is -3.52. The van der Waals surface area contributed by atoms with Crippen molar-refractivity contribution in [1.82, 2.24) is 4.72 Å². The Morgan fingerprint density at radius 1 is 1.41 bits per heavy atom. The van der Waals surface area contributed by atoms with Crippen molar-refractivity contribution in [2.45, 2.75) is 44.0 Å². The Balaban J connectivity index is 2.75. The van der Waals surface area contributed by atoms with Gasteiger partial charge in [-0.1, -0.05) is 25.8 Å². The Kier molecular flexibility index (Phi) is 4.96. The van der Waals surface area contributed by atoms with Crippen molar-refractivity contribution >= 4 is 10.0 Å². The van der Waals surface area contributed by atoms with E-state index < -0.39 is 10.0 Å². The van der Waals surface area contributed by atoms with Crippen molar-refractivity contribution in [3.8, 4) is 5.75 Å². The third kappa shape index (κ3) is 4.36. The highest BCUT2D eigenvalue weighted by Gasteiger charge is 2.17. The van der Waals surface area contributed by atoms with E-state index in [0.29, 0.717) is 0 Å². The zero-order valence-corrected chi connectivity index (χ0v) is 11.0. The summed E-state index contributed by atoms with van der Waals surface area (Å²) in [5.41, 5.74) is 0. The second-order valence-electron chi connectivity index (χ2n) is 4.16. The molecular weight excluding hydrogens is 238 g/mol. The first-order valence-corrected chi connectivity index (χ1v) is 7.25. The molecule has 1 aromatic rings. The molecule has 1 atom stereocenters. The van der Waals surface area contributed by atoms with Gasteiger partial charge in [-0.25, -0.2) is 13.1 Å². The van der Waals surface area contributed by atoms with Gasteiger partial charge in [0.1, 0.15) is 5.75 Å². The molecule has 1 aromatic carbocycles. The molecule has 0 aliphatic rings. The van der Waals surface area contributed by atoms with Crippen LogP contribution in [0.4, 0.5) is 0 Å². The molecule has 0 saturated heterocycles. The van der Waals surface area contributed by atoms with Crippen LogP contribution in [0.5, 0.6) is 5.75 Å². The molecule has 0 spiro atoms. The summed E-state index contributed by atoms with van der Waals surface area (Å²) in [7, 11) is -3.52. The standard InChI is InChI=1S/C12H19NO3S/c1-3-4-6-10(2)13-17(15,16)12-8-5-7-11(14)9-12/h5,7-10,13-14H,3-4,6H2,1-2H3. The monoisotopic (exact) mass is 257 g/mol. The largest absolute Gasteiger partial charge is 0.508 e. The van der Waals surface area contributed by atoms with Gasteiger partial charge in [0.15, 0.2) is 0 Å². The molecule has 0 saturated carbocycles. The molecule has 0 aromatic heterocycles. The number of nitrogens with one attached hydrogen (secondary N) is 1. The first-order valence-electron chi connectivity index (χ1n) is 5.77. The predicted molar refractivity (Wildman–Crippen MR) is 67.4 cm³/mol. The van der Waals surface area contributed by atoms with Gasteiger partial charge in [0.25, 0.3) is 0 Å². The van der Waals surface area contributed by atoms with Crippen LogP contribution < -0.4 is 4.72 Å². The van der Waals surface area contributed by atoms with Gasteiger partial charge in [-0.05, 0) is 31.5 Å². The molecule has 0 aliphatic carbocycles. The van der Waals surface area contributed by atoms with E-state index in [2.05, 4.69) is 11.6 Å². The topological polar surface area (TPSA) is 66.4 Å². The van der Waals surface area contributed by atoms with E-state index in [9.17, 15) is 13.5 Å². The number of rotatable bonds is 6. The molecule has 1 unspecified atom stereocenters. The van der Waals surface area contributed by atoms with E-state index in [0.717, 1.165) is 19.3 Å². The molecule has 0 aliphatic heterocycles. The summed E-state index contributed by atoms with van der Waals surface area (Å²) < 4.78 is 26.5. The van der Waals surface area contributed by atoms with Crippen LogP contribution >= 0.6 is 0 Å². The van der Waals surface area contributed by atoms with E-state index in [1.54, 1.807) is 0 Å². The first kappa shape index (κ1) is 14.0. The quantitative estimate of drug-likeness (QED) is 0.821. The minimum Gasteiger partial charge on any atom is -0.508 e. The van der Waals surface area contributed by atoms with Crippen LogP contribution in [0.2, 0.25) is 0 Å². The van der Waals surface area contributed by atoms with Crippen LogP contribution in [0, 0.1) is 0 Å². The van der Waals surface area contributed by atoms with Gasteiger partial charge in [0.2, 0.25) is 10.0 Å². The average Bonchev–Trinajstić information content (AvgIpc) is 2.26. The molecular formula is C12H19NO3S. The Bertz CT molecular complexity index is 457. The van der Waals surface area contributed by atoms with Crippen LogP contribution in [-0.4, -0.2) is 19.6 Å². The van der Waals surface area contributed by atoms with Crippen LogP contribution in [0.25, 0.3) is 0 Å². The third-order valence-electron chi connectivity index (χ3n) is 2.47. The number of hydrogen-bond acceptors (Lipinski definition) is 3. The van der Waals surface area contributed by atoms with Gasteiger partial charge in [0, 0.05) is 6.04 Å². The molecule has 17 heavy (non-hydrogen) atoms. The van der Waals surface area contributed by atoms with Gasteiger partial charge in [-0.2, -0.15) is 0 Å². The number of sulfonamides is 1. The highest BCUT2D eigenvalue weighted by Crippen LogP contribution is 2.16. The second kappa shape index (κ2) is 6.02. The summed E-state index contributed by atoms with van der Waals surface area (Å²) in [6, 6.07) is 5.58.